The minimum Gasteiger partial charge on any atom is -0.370 e. The quantitative estimate of drug-likeness (QED) is 0.806. The van der Waals surface area contributed by atoms with Crippen LogP contribution in [-0.4, -0.2) is 25.7 Å². The number of benzene rings is 1. The molecule has 3 rings (SSSR count). The lowest BCUT2D eigenvalue weighted by atomic mass is 9.93. The molecule has 1 aromatic rings. The van der Waals surface area contributed by atoms with Gasteiger partial charge in [-0.1, -0.05) is 23.7 Å². The Morgan fingerprint density at radius 2 is 2.12 bits per heavy atom. The van der Waals surface area contributed by atoms with Gasteiger partial charge >= 0.3 is 0 Å². The minimum atomic E-state index is 0.749. The molecule has 0 aliphatic carbocycles. The second-order valence-electron chi connectivity index (χ2n) is 4.80. The molecule has 0 radical (unpaired) electrons. The Hall–Kier alpha value is -0.730. The smallest absolute Gasteiger partial charge is 0.0639 e. The molecular formula is C13H17ClN2. The van der Waals surface area contributed by atoms with Gasteiger partial charge < -0.3 is 10.2 Å². The number of fused-ring (bicyclic) bond motifs is 1. The third-order valence-electron chi connectivity index (χ3n) is 3.85. The van der Waals surface area contributed by atoms with Gasteiger partial charge in [0.15, 0.2) is 0 Å². The number of anilines is 1. The molecule has 2 saturated heterocycles. The van der Waals surface area contributed by atoms with E-state index >= 15 is 0 Å². The van der Waals surface area contributed by atoms with Crippen LogP contribution in [0.15, 0.2) is 24.3 Å². The van der Waals surface area contributed by atoms with Crippen LogP contribution in [-0.2, 0) is 0 Å². The van der Waals surface area contributed by atoms with Crippen molar-refractivity contribution in [2.75, 3.05) is 24.5 Å². The third-order valence-corrected chi connectivity index (χ3v) is 4.17. The van der Waals surface area contributed by atoms with Gasteiger partial charge in [0.1, 0.15) is 0 Å². The highest BCUT2D eigenvalue weighted by molar-refractivity contribution is 6.33. The van der Waals surface area contributed by atoms with Crippen LogP contribution < -0.4 is 10.2 Å². The van der Waals surface area contributed by atoms with Gasteiger partial charge in [-0.25, -0.2) is 0 Å². The van der Waals surface area contributed by atoms with Gasteiger partial charge in [-0.15, -0.1) is 0 Å². The second-order valence-corrected chi connectivity index (χ2v) is 5.20. The summed E-state index contributed by atoms with van der Waals surface area (Å²) in [6, 6.07) is 8.93. The number of nitrogens with zero attached hydrogens (tertiary/aromatic N) is 1. The summed E-state index contributed by atoms with van der Waals surface area (Å²) in [5.41, 5.74) is 1.20. The highest BCUT2D eigenvalue weighted by Gasteiger charge is 2.32. The van der Waals surface area contributed by atoms with Crippen molar-refractivity contribution in [1.82, 2.24) is 5.32 Å². The number of nitrogens with one attached hydrogen (secondary N) is 1. The Bertz CT molecular complexity index is 380. The molecule has 86 valence electrons. The lowest BCUT2D eigenvalue weighted by Gasteiger charge is -2.36. The molecule has 2 aliphatic rings. The van der Waals surface area contributed by atoms with Gasteiger partial charge in [-0.2, -0.15) is 0 Å². The summed E-state index contributed by atoms with van der Waals surface area (Å²) in [4.78, 5) is 2.44. The first-order valence-electron chi connectivity index (χ1n) is 6.07. The van der Waals surface area contributed by atoms with Crippen LogP contribution in [0.1, 0.15) is 12.8 Å². The molecule has 2 nitrogen and oxygen atoms in total. The molecule has 0 spiro atoms. The van der Waals surface area contributed by atoms with Crippen molar-refractivity contribution in [2.24, 2.45) is 5.92 Å². The van der Waals surface area contributed by atoms with E-state index in [2.05, 4.69) is 22.3 Å². The van der Waals surface area contributed by atoms with Gasteiger partial charge in [0, 0.05) is 19.1 Å². The average Bonchev–Trinajstić information content (AvgIpc) is 2.76. The van der Waals surface area contributed by atoms with Gasteiger partial charge in [-0.05, 0) is 37.4 Å². The van der Waals surface area contributed by atoms with E-state index in [9.17, 15) is 0 Å². The predicted molar refractivity (Wildman–Crippen MR) is 68.2 cm³/mol. The zero-order valence-electron chi connectivity index (χ0n) is 9.32. The van der Waals surface area contributed by atoms with Crippen LogP contribution in [0, 0.1) is 5.92 Å². The standard InChI is InChI=1S/C13H17ClN2/c14-11-3-1-2-4-13(11)16-8-6-12-10(9-16)5-7-15-12/h1-4,10,12,15H,5-9H2. The third kappa shape index (κ3) is 1.80. The van der Waals surface area contributed by atoms with E-state index in [0.717, 1.165) is 30.1 Å². The molecule has 0 bridgehead atoms. The van der Waals surface area contributed by atoms with Crippen molar-refractivity contribution in [3.63, 3.8) is 0 Å². The summed E-state index contributed by atoms with van der Waals surface area (Å²) >= 11 is 6.24. The largest absolute Gasteiger partial charge is 0.370 e. The van der Waals surface area contributed by atoms with Crippen LogP contribution in [0.3, 0.4) is 0 Å². The summed E-state index contributed by atoms with van der Waals surface area (Å²) < 4.78 is 0. The minimum absolute atomic E-state index is 0.749. The van der Waals surface area contributed by atoms with Crippen LogP contribution in [0.4, 0.5) is 5.69 Å². The zero-order chi connectivity index (χ0) is 11.0. The number of piperidine rings is 1. The van der Waals surface area contributed by atoms with Gasteiger partial charge in [-0.3, -0.25) is 0 Å². The van der Waals surface area contributed by atoms with Crippen molar-refractivity contribution in [3.8, 4) is 0 Å². The van der Waals surface area contributed by atoms with Crippen molar-refractivity contribution in [2.45, 2.75) is 18.9 Å². The van der Waals surface area contributed by atoms with Crippen molar-refractivity contribution >= 4 is 17.3 Å². The van der Waals surface area contributed by atoms with Crippen LogP contribution >= 0.6 is 11.6 Å². The first-order chi connectivity index (χ1) is 7.84. The Kier molecular flexibility index (Phi) is 2.78. The molecule has 2 heterocycles. The molecule has 1 N–H and O–H groups in total. The van der Waals surface area contributed by atoms with E-state index in [0.29, 0.717) is 0 Å². The number of halogens is 1. The monoisotopic (exact) mass is 236 g/mol. The summed E-state index contributed by atoms with van der Waals surface area (Å²) in [5, 5.41) is 4.47. The highest BCUT2D eigenvalue weighted by Crippen LogP contribution is 2.31. The van der Waals surface area contributed by atoms with Crippen LogP contribution in [0.5, 0.6) is 0 Å². The van der Waals surface area contributed by atoms with E-state index in [1.165, 1.54) is 25.1 Å². The van der Waals surface area contributed by atoms with Gasteiger partial charge in [0.05, 0.1) is 10.7 Å². The number of hydrogen-bond acceptors (Lipinski definition) is 2. The molecule has 3 heteroatoms. The molecule has 2 aliphatic heterocycles. The zero-order valence-corrected chi connectivity index (χ0v) is 10.1. The first kappa shape index (κ1) is 10.4. The number of rotatable bonds is 1. The Morgan fingerprint density at radius 3 is 3.00 bits per heavy atom. The molecule has 0 aromatic heterocycles. The van der Waals surface area contributed by atoms with Crippen molar-refractivity contribution in [1.29, 1.82) is 0 Å². The fourth-order valence-electron chi connectivity index (χ4n) is 2.97. The van der Waals surface area contributed by atoms with E-state index in [-0.39, 0.29) is 0 Å². The predicted octanol–water partition coefficient (Wildman–Crippen LogP) is 2.53. The molecular weight excluding hydrogens is 220 g/mol. The molecule has 2 fully saturated rings. The summed E-state index contributed by atoms with van der Waals surface area (Å²) in [6.45, 7) is 3.46. The lowest BCUT2D eigenvalue weighted by Crippen LogP contribution is -2.44. The maximum Gasteiger partial charge on any atom is 0.0639 e. The van der Waals surface area contributed by atoms with Crippen molar-refractivity contribution in [3.05, 3.63) is 29.3 Å². The molecule has 0 amide bonds. The summed E-state index contributed by atoms with van der Waals surface area (Å²) in [5.74, 6) is 0.810. The molecule has 2 atom stereocenters. The van der Waals surface area contributed by atoms with E-state index in [4.69, 9.17) is 11.6 Å². The molecule has 16 heavy (non-hydrogen) atoms. The first-order valence-corrected chi connectivity index (χ1v) is 6.45. The van der Waals surface area contributed by atoms with E-state index in [1.807, 2.05) is 12.1 Å². The average molecular weight is 237 g/mol. The maximum absolute atomic E-state index is 6.24. The Balaban J connectivity index is 1.79. The summed E-state index contributed by atoms with van der Waals surface area (Å²) in [6.07, 6.45) is 2.56. The topological polar surface area (TPSA) is 15.3 Å². The summed E-state index contributed by atoms with van der Waals surface area (Å²) in [7, 11) is 0. The van der Waals surface area contributed by atoms with Gasteiger partial charge in [0.2, 0.25) is 0 Å². The van der Waals surface area contributed by atoms with E-state index < -0.39 is 0 Å². The number of para-hydroxylation sites is 1. The Labute approximate surface area is 102 Å². The van der Waals surface area contributed by atoms with E-state index in [1.54, 1.807) is 0 Å². The normalized spacial score (nSPS) is 29.2. The fraction of sp³-hybridized carbons (Fsp3) is 0.538. The number of hydrogen-bond donors (Lipinski definition) is 1. The highest BCUT2D eigenvalue weighted by atomic mass is 35.5. The molecule has 0 saturated carbocycles. The fourth-order valence-corrected chi connectivity index (χ4v) is 3.23. The lowest BCUT2D eigenvalue weighted by molar-refractivity contribution is 0.376. The SMILES string of the molecule is Clc1ccccc1N1CCC2NCCC2C1. The van der Waals surface area contributed by atoms with Crippen LogP contribution in [0.2, 0.25) is 5.02 Å². The Morgan fingerprint density at radius 1 is 1.25 bits per heavy atom. The molecule has 2 unspecified atom stereocenters. The molecule has 1 aromatic carbocycles. The second kappa shape index (κ2) is 4.27. The van der Waals surface area contributed by atoms with Crippen LogP contribution in [0.25, 0.3) is 0 Å². The van der Waals surface area contributed by atoms with Gasteiger partial charge in [0.25, 0.3) is 0 Å². The van der Waals surface area contributed by atoms with Crippen molar-refractivity contribution < 1.29 is 0 Å². The maximum atomic E-state index is 6.24.